The molecule has 0 bridgehead atoms. The summed E-state index contributed by atoms with van der Waals surface area (Å²) in [6.45, 7) is 2.30. The molecule has 1 aliphatic heterocycles. The first kappa shape index (κ1) is 18.7. The van der Waals surface area contributed by atoms with Gasteiger partial charge < -0.3 is 14.0 Å². The largest absolute Gasteiger partial charge is 0.496 e. The van der Waals surface area contributed by atoms with Gasteiger partial charge in [0, 0.05) is 31.3 Å². The molecule has 5 rings (SSSR count). The Labute approximate surface area is 176 Å². The lowest BCUT2D eigenvalue weighted by Gasteiger charge is -2.25. The number of fused-ring (bicyclic) bond motifs is 2. The summed E-state index contributed by atoms with van der Waals surface area (Å²) in [5.74, 6) is 2.83. The number of hydrogen-bond acceptors (Lipinski definition) is 4. The van der Waals surface area contributed by atoms with Crippen LogP contribution >= 0.6 is 0 Å². The van der Waals surface area contributed by atoms with Crippen molar-refractivity contribution < 1.29 is 9.47 Å². The first-order chi connectivity index (χ1) is 14.7. The van der Waals surface area contributed by atoms with Crippen molar-refractivity contribution in [3.05, 3.63) is 89.7 Å². The lowest BCUT2D eigenvalue weighted by Crippen LogP contribution is -2.29. The van der Waals surface area contributed by atoms with Crippen LogP contribution in [0.15, 0.2) is 72.8 Å². The summed E-state index contributed by atoms with van der Waals surface area (Å²) in [7, 11) is 3.80. The van der Waals surface area contributed by atoms with Gasteiger partial charge in [0.05, 0.1) is 24.7 Å². The van der Waals surface area contributed by atoms with Crippen molar-refractivity contribution >= 4 is 11.0 Å². The molecule has 0 N–H and O–H groups in total. The Balaban J connectivity index is 1.51. The van der Waals surface area contributed by atoms with Crippen molar-refractivity contribution in [3.63, 3.8) is 0 Å². The number of hydrogen-bond donors (Lipinski definition) is 0. The smallest absolute Gasteiger partial charge is 0.140 e. The number of aromatic nitrogens is 2. The summed E-state index contributed by atoms with van der Waals surface area (Å²) >= 11 is 0. The van der Waals surface area contributed by atoms with Crippen LogP contribution in [0.2, 0.25) is 0 Å². The molecule has 0 unspecified atom stereocenters. The zero-order valence-corrected chi connectivity index (χ0v) is 17.3. The molecule has 0 aliphatic carbocycles. The monoisotopic (exact) mass is 399 g/mol. The fourth-order valence-electron chi connectivity index (χ4n) is 4.23. The minimum atomic E-state index is -0.125. The maximum atomic E-state index is 6.49. The lowest BCUT2D eigenvalue weighted by molar-refractivity contribution is 0.139. The quantitative estimate of drug-likeness (QED) is 0.498. The Morgan fingerprint density at radius 2 is 1.77 bits per heavy atom. The highest BCUT2D eigenvalue weighted by Gasteiger charge is 2.27. The number of methoxy groups -OCH3 is 1. The average Bonchev–Trinajstić information content (AvgIpc) is 2.98. The number of imidazole rings is 1. The van der Waals surface area contributed by atoms with E-state index in [9.17, 15) is 0 Å². The predicted molar refractivity (Wildman–Crippen MR) is 118 cm³/mol. The summed E-state index contributed by atoms with van der Waals surface area (Å²) in [5.41, 5.74) is 4.43. The Morgan fingerprint density at radius 3 is 2.63 bits per heavy atom. The molecular weight excluding hydrogens is 374 g/mol. The Kier molecular flexibility index (Phi) is 4.89. The maximum absolute atomic E-state index is 6.49. The minimum absolute atomic E-state index is 0.125. The van der Waals surface area contributed by atoms with Crippen molar-refractivity contribution in [3.8, 4) is 11.5 Å². The molecule has 0 saturated carbocycles. The molecule has 5 nitrogen and oxygen atoms in total. The fourth-order valence-corrected chi connectivity index (χ4v) is 4.23. The molecule has 1 atom stereocenters. The van der Waals surface area contributed by atoms with Gasteiger partial charge in [-0.05, 0) is 24.3 Å². The topological polar surface area (TPSA) is 39.5 Å². The van der Waals surface area contributed by atoms with E-state index in [1.165, 1.54) is 5.56 Å². The third kappa shape index (κ3) is 3.42. The zero-order chi connectivity index (χ0) is 20.5. The molecule has 1 aromatic heterocycles. The number of nitrogens with zero attached hydrogens (tertiary/aromatic N) is 3. The highest BCUT2D eigenvalue weighted by atomic mass is 16.5. The van der Waals surface area contributed by atoms with E-state index in [0.29, 0.717) is 0 Å². The summed E-state index contributed by atoms with van der Waals surface area (Å²) in [6, 6.07) is 24.7. The highest BCUT2D eigenvalue weighted by molar-refractivity contribution is 5.75. The number of ether oxygens (including phenoxy) is 2. The van der Waals surface area contributed by atoms with Crippen LogP contribution in [0.1, 0.15) is 23.1 Å². The van der Waals surface area contributed by atoms with Crippen LogP contribution in [-0.2, 0) is 20.1 Å². The van der Waals surface area contributed by atoms with Crippen LogP contribution in [0.5, 0.6) is 11.5 Å². The average molecular weight is 399 g/mol. The van der Waals surface area contributed by atoms with E-state index in [-0.39, 0.29) is 6.10 Å². The summed E-state index contributed by atoms with van der Waals surface area (Å²) < 4.78 is 14.3. The standard InChI is InChI=1S/C25H25N3O2/c1-27-21-12-6-5-11-20(21)26-25(27)17-28-15-18-9-3-7-13-22(18)30-24(16-28)19-10-4-8-14-23(19)29-2/h3-14,24H,15-17H2,1-2H3/t24-/m0/s1. The Bertz CT molecular complexity index is 1180. The minimum Gasteiger partial charge on any atom is -0.496 e. The van der Waals surface area contributed by atoms with Gasteiger partial charge in [0.15, 0.2) is 0 Å². The molecule has 30 heavy (non-hydrogen) atoms. The van der Waals surface area contributed by atoms with Crippen molar-refractivity contribution in [1.82, 2.24) is 14.5 Å². The maximum Gasteiger partial charge on any atom is 0.140 e. The molecular formula is C25H25N3O2. The molecule has 0 spiro atoms. The number of rotatable bonds is 4. The van der Waals surface area contributed by atoms with Gasteiger partial charge in [0.2, 0.25) is 0 Å². The van der Waals surface area contributed by atoms with E-state index >= 15 is 0 Å². The molecule has 0 radical (unpaired) electrons. The fraction of sp³-hybridized carbons (Fsp3) is 0.240. The first-order valence-electron chi connectivity index (χ1n) is 10.2. The molecule has 2 heterocycles. The highest BCUT2D eigenvalue weighted by Crippen LogP contribution is 2.35. The van der Waals surface area contributed by atoms with Crippen LogP contribution in [0, 0.1) is 0 Å². The summed E-state index contributed by atoms with van der Waals surface area (Å²) in [5, 5.41) is 0. The van der Waals surface area contributed by atoms with E-state index in [1.807, 2.05) is 30.3 Å². The van der Waals surface area contributed by atoms with Crippen molar-refractivity contribution in [2.45, 2.75) is 19.2 Å². The molecule has 1 aliphatic rings. The summed E-state index contributed by atoms with van der Waals surface area (Å²) in [6.07, 6.45) is -0.125. The van der Waals surface area contributed by atoms with Crippen molar-refractivity contribution in [2.75, 3.05) is 13.7 Å². The Morgan fingerprint density at radius 1 is 1.00 bits per heavy atom. The normalized spacial score (nSPS) is 16.7. The van der Waals surface area contributed by atoms with Gasteiger partial charge in [-0.1, -0.05) is 48.5 Å². The van der Waals surface area contributed by atoms with Gasteiger partial charge >= 0.3 is 0 Å². The van der Waals surface area contributed by atoms with Gasteiger partial charge in [-0.25, -0.2) is 4.98 Å². The second-order valence-electron chi connectivity index (χ2n) is 7.70. The lowest BCUT2D eigenvalue weighted by atomic mass is 10.1. The summed E-state index contributed by atoms with van der Waals surface area (Å²) in [4.78, 5) is 7.29. The van der Waals surface area contributed by atoms with Crippen LogP contribution in [0.4, 0.5) is 0 Å². The van der Waals surface area contributed by atoms with E-state index in [0.717, 1.165) is 53.6 Å². The first-order valence-corrected chi connectivity index (χ1v) is 10.2. The van der Waals surface area contributed by atoms with Crippen LogP contribution in [0.3, 0.4) is 0 Å². The zero-order valence-electron chi connectivity index (χ0n) is 17.3. The molecule has 0 amide bonds. The SMILES string of the molecule is COc1ccccc1[C@@H]1CN(Cc2nc3ccccc3n2C)Cc2ccccc2O1. The van der Waals surface area contributed by atoms with E-state index in [1.54, 1.807) is 7.11 Å². The van der Waals surface area contributed by atoms with E-state index in [2.05, 4.69) is 59.0 Å². The number of para-hydroxylation sites is 4. The molecule has 0 fully saturated rings. The molecule has 4 aromatic rings. The van der Waals surface area contributed by atoms with Gasteiger partial charge in [0.1, 0.15) is 23.4 Å². The third-order valence-electron chi connectivity index (χ3n) is 5.79. The number of aryl methyl sites for hydroxylation is 1. The van der Waals surface area contributed by atoms with Gasteiger partial charge in [0.25, 0.3) is 0 Å². The molecule has 152 valence electrons. The van der Waals surface area contributed by atoms with E-state index < -0.39 is 0 Å². The van der Waals surface area contributed by atoms with E-state index in [4.69, 9.17) is 14.5 Å². The van der Waals surface area contributed by atoms with Crippen LogP contribution in [0.25, 0.3) is 11.0 Å². The van der Waals surface area contributed by atoms with Gasteiger partial charge in [-0.2, -0.15) is 0 Å². The second-order valence-corrected chi connectivity index (χ2v) is 7.70. The van der Waals surface area contributed by atoms with Gasteiger partial charge in [-0.15, -0.1) is 0 Å². The number of benzene rings is 3. The Hall–Kier alpha value is -3.31. The molecule has 0 saturated heterocycles. The molecule has 5 heteroatoms. The molecule has 3 aromatic carbocycles. The predicted octanol–water partition coefficient (Wildman–Crippen LogP) is 4.72. The second kappa shape index (κ2) is 7.84. The third-order valence-corrected chi connectivity index (χ3v) is 5.79. The van der Waals surface area contributed by atoms with Crippen LogP contribution in [-0.4, -0.2) is 28.1 Å². The van der Waals surface area contributed by atoms with Crippen molar-refractivity contribution in [2.24, 2.45) is 7.05 Å². The van der Waals surface area contributed by atoms with Crippen LogP contribution < -0.4 is 9.47 Å². The van der Waals surface area contributed by atoms with Crippen molar-refractivity contribution in [1.29, 1.82) is 0 Å². The van der Waals surface area contributed by atoms with Gasteiger partial charge in [-0.3, -0.25) is 4.90 Å².